The van der Waals surface area contributed by atoms with Crippen LogP contribution in [-0.2, 0) is 6.54 Å². The number of benzene rings is 1. The van der Waals surface area contributed by atoms with Gasteiger partial charge in [-0.05, 0) is 36.5 Å². The highest BCUT2D eigenvalue weighted by molar-refractivity contribution is 7.99. The zero-order chi connectivity index (χ0) is 12.6. The Morgan fingerprint density at radius 3 is 3.11 bits per heavy atom. The van der Waals surface area contributed by atoms with Crippen LogP contribution < -0.4 is 10.1 Å². The van der Waals surface area contributed by atoms with E-state index in [4.69, 9.17) is 4.74 Å². The molecule has 0 amide bonds. The van der Waals surface area contributed by atoms with E-state index in [2.05, 4.69) is 35.8 Å². The molecule has 98 valence electrons. The van der Waals surface area contributed by atoms with Gasteiger partial charge >= 0.3 is 0 Å². The lowest BCUT2D eigenvalue weighted by Gasteiger charge is -2.13. The van der Waals surface area contributed by atoms with Crippen molar-refractivity contribution < 1.29 is 4.74 Å². The highest BCUT2D eigenvalue weighted by Crippen LogP contribution is 2.23. The molecule has 1 aromatic rings. The summed E-state index contributed by atoms with van der Waals surface area (Å²) >= 11 is 2.07. The van der Waals surface area contributed by atoms with Crippen molar-refractivity contribution in [2.45, 2.75) is 13.0 Å². The quantitative estimate of drug-likeness (QED) is 0.764. The van der Waals surface area contributed by atoms with Gasteiger partial charge in [-0.2, -0.15) is 11.8 Å². The van der Waals surface area contributed by atoms with E-state index in [0.717, 1.165) is 24.8 Å². The summed E-state index contributed by atoms with van der Waals surface area (Å²) in [6.07, 6.45) is 3.13. The Labute approximate surface area is 114 Å². The molecule has 0 radical (unpaired) electrons. The van der Waals surface area contributed by atoms with Gasteiger partial charge in [0.25, 0.3) is 0 Å². The molecule has 1 aliphatic rings. The normalized spacial score (nSPS) is 18.8. The molecule has 18 heavy (non-hydrogen) atoms. The van der Waals surface area contributed by atoms with Crippen LogP contribution in [0.25, 0.3) is 0 Å². The summed E-state index contributed by atoms with van der Waals surface area (Å²) in [4.78, 5) is 0. The predicted octanol–water partition coefficient (Wildman–Crippen LogP) is 3.09. The molecule has 0 aliphatic carbocycles. The Morgan fingerprint density at radius 1 is 1.44 bits per heavy atom. The van der Waals surface area contributed by atoms with Crippen LogP contribution in [0.3, 0.4) is 0 Å². The largest absolute Gasteiger partial charge is 0.489 e. The molecule has 2 nitrogen and oxygen atoms in total. The second-order valence-electron chi connectivity index (χ2n) is 4.57. The van der Waals surface area contributed by atoms with Crippen molar-refractivity contribution in [3.05, 3.63) is 42.5 Å². The van der Waals surface area contributed by atoms with Gasteiger partial charge in [0, 0.05) is 12.1 Å². The van der Waals surface area contributed by atoms with Crippen molar-refractivity contribution in [2.24, 2.45) is 5.92 Å². The van der Waals surface area contributed by atoms with Crippen LogP contribution in [0.4, 0.5) is 0 Å². The number of ether oxygens (including phenoxy) is 1. The maximum absolute atomic E-state index is 5.65. The third-order valence-electron chi connectivity index (χ3n) is 3.10. The van der Waals surface area contributed by atoms with E-state index >= 15 is 0 Å². The maximum atomic E-state index is 5.65. The number of hydrogen-bond acceptors (Lipinski definition) is 3. The van der Waals surface area contributed by atoms with Gasteiger partial charge < -0.3 is 10.1 Å². The summed E-state index contributed by atoms with van der Waals surface area (Å²) in [6, 6.07) is 8.21. The Kier molecular flexibility index (Phi) is 5.62. The van der Waals surface area contributed by atoms with Crippen LogP contribution in [-0.4, -0.2) is 24.7 Å². The highest BCUT2D eigenvalue weighted by Gasteiger charge is 2.14. The average molecular weight is 263 g/mol. The summed E-state index contributed by atoms with van der Waals surface area (Å²) in [5, 5.41) is 3.54. The minimum atomic E-state index is 0.566. The van der Waals surface area contributed by atoms with E-state index < -0.39 is 0 Å². The molecule has 1 N–H and O–H groups in total. The molecule has 1 aliphatic heterocycles. The fourth-order valence-corrected chi connectivity index (χ4v) is 3.38. The predicted molar refractivity (Wildman–Crippen MR) is 79.3 cm³/mol. The summed E-state index contributed by atoms with van der Waals surface area (Å²) in [7, 11) is 0. The smallest absolute Gasteiger partial charge is 0.124 e. The van der Waals surface area contributed by atoms with Crippen molar-refractivity contribution in [1.29, 1.82) is 0 Å². The minimum absolute atomic E-state index is 0.566. The van der Waals surface area contributed by atoms with Gasteiger partial charge in [0.05, 0.1) is 0 Å². The van der Waals surface area contributed by atoms with E-state index in [0.29, 0.717) is 6.61 Å². The molecule has 1 saturated heterocycles. The Hall–Kier alpha value is -0.930. The number of nitrogens with one attached hydrogen (secondary N) is 1. The first-order valence-corrected chi connectivity index (χ1v) is 7.65. The van der Waals surface area contributed by atoms with Crippen LogP contribution >= 0.6 is 11.8 Å². The number of para-hydroxylation sites is 1. The van der Waals surface area contributed by atoms with Crippen LogP contribution in [0.15, 0.2) is 36.9 Å². The van der Waals surface area contributed by atoms with Crippen molar-refractivity contribution in [2.75, 3.05) is 24.7 Å². The molecule has 0 spiro atoms. The van der Waals surface area contributed by atoms with Crippen molar-refractivity contribution in [3.63, 3.8) is 0 Å². The molecule has 1 heterocycles. The molecule has 1 atom stereocenters. The first-order chi connectivity index (χ1) is 8.90. The minimum Gasteiger partial charge on any atom is -0.489 e. The van der Waals surface area contributed by atoms with Crippen molar-refractivity contribution >= 4 is 11.8 Å². The molecular weight excluding hydrogens is 242 g/mol. The van der Waals surface area contributed by atoms with Gasteiger partial charge in [-0.25, -0.2) is 0 Å². The molecule has 0 aromatic heterocycles. The number of thioether (sulfide) groups is 1. The molecule has 1 aromatic carbocycles. The standard InChI is InChI=1S/C15H21NOS/c1-2-8-17-15-6-4-3-5-14(15)11-16-10-13-7-9-18-12-13/h2-6,13,16H,1,7-12H2. The van der Waals surface area contributed by atoms with E-state index in [1.54, 1.807) is 6.08 Å². The highest BCUT2D eigenvalue weighted by atomic mass is 32.2. The van der Waals surface area contributed by atoms with E-state index in [-0.39, 0.29) is 0 Å². The third-order valence-corrected chi connectivity index (χ3v) is 4.33. The third kappa shape index (κ3) is 4.07. The van der Waals surface area contributed by atoms with Gasteiger partial charge in [0.2, 0.25) is 0 Å². The molecule has 0 bridgehead atoms. The Bertz CT molecular complexity index is 375. The zero-order valence-electron chi connectivity index (χ0n) is 10.7. The van der Waals surface area contributed by atoms with Gasteiger partial charge in [0.1, 0.15) is 12.4 Å². The first kappa shape index (κ1) is 13.5. The second kappa shape index (κ2) is 7.49. The maximum Gasteiger partial charge on any atom is 0.124 e. The number of rotatable bonds is 7. The Balaban J connectivity index is 1.81. The van der Waals surface area contributed by atoms with Crippen LogP contribution in [0.1, 0.15) is 12.0 Å². The molecular formula is C15H21NOS. The van der Waals surface area contributed by atoms with Gasteiger partial charge in [0.15, 0.2) is 0 Å². The van der Waals surface area contributed by atoms with E-state index in [1.165, 1.54) is 23.5 Å². The molecule has 3 heteroatoms. The van der Waals surface area contributed by atoms with Crippen molar-refractivity contribution in [1.82, 2.24) is 5.32 Å². The van der Waals surface area contributed by atoms with Crippen LogP contribution in [0.5, 0.6) is 5.75 Å². The average Bonchev–Trinajstić information content (AvgIpc) is 2.91. The topological polar surface area (TPSA) is 21.3 Å². The SMILES string of the molecule is C=CCOc1ccccc1CNCC1CCSC1. The van der Waals surface area contributed by atoms with Crippen LogP contribution in [0.2, 0.25) is 0 Å². The zero-order valence-corrected chi connectivity index (χ0v) is 11.5. The summed E-state index contributed by atoms with van der Waals surface area (Å²) in [5.74, 6) is 4.44. The van der Waals surface area contributed by atoms with Crippen molar-refractivity contribution in [3.8, 4) is 5.75 Å². The second-order valence-corrected chi connectivity index (χ2v) is 5.72. The summed E-state index contributed by atoms with van der Waals surface area (Å²) in [6.45, 7) is 6.24. The monoisotopic (exact) mass is 263 g/mol. The molecule has 0 saturated carbocycles. The van der Waals surface area contributed by atoms with Gasteiger partial charge in [-0.1, -0.05) is 30.9 Å². The van der Waals surface area contributed by atoms with E-state index in [9.17, 15) is 0 Å². The van der Waals surface area contributed by atoms with E-state index in [1.807, 2.05) is 12.1 Å². The lowest BCUT2D eigenvalue weighted by molar-refractivity contribution is 0.357. The molecule has 1 fully saturated rings. The lowest BCUT2D eigenvalue weighted by atomic mass is 10.1. The summed E-state index contributed by atoms with van der Waals surface area (Å²) < 4.78 is 5.65. The first-order valence-electron chi connectivity index (χ1n) is 6.50. The summed E-state index contributed by atoms with van der Waals surface area (Å²) in [5.41, 5.74) is 1.23. The Morgan fingerprint density at radius 2 is 2.33 bits per heavy atom. The molecule has 1 unspecified atom stereocenters. The fraction of sp³-hybridized carbons (Fsp3) is 0.467. The number of hydrogen-bond donors (Lipinski definition) is 1. The fourth-order valence-electron chi connectivity index (χ4n) is 2.09. The van der Waals surface area contributed by atoms with Gasteiger partial charge in [-0.15, -0.1) is 0 Å². The molecule has 2 rings (SSSR count). The van der Waals surface area contributed by atoms with Crippen LogP contribution in [0, 0.1) is 5.92 Å². The lowest BCUT2D eigenvalue weighted by Crippen LogP contribution is -2.22. The van der Waals surface area contributed by atoms with Gasteiger partial charge in [-0.3, -0.25) is 0 Å².